The van der Waals surface area contributed by atoms with Crippen LogP contribution in [-0.2, 0) is 13.6 Å². The van der Waals surface area contributed by atoms with Crippen LogP contribution in [0.2, 0.25) is 15.1 Å². The van der Waals surface area contributed by atoms with Crippen molar-refractivity contribution in [2.45, 2.75) is 6.54 Å². The fourth-order valence-electron chi connectivity index (χ4n) is 2.09. The molecule has 3 aromatic rings. The molecule has 0 aliphatic heterocycles. The number of carbonyl (C=O) groups is 1. The first kappa shape index (κ1) is 16.8. The summed E-state index contributed by atoms with van der Waals surface area (Å²) in [5.74, 6) is -0.121. The second-order valence-corrected chi connectivity index (χ2v) is 6.34. The van der Waals surface area contributed by atoms with Crippen LogP contribution in [0, 0.1) is 0 Å². The van der Waals surface area contributed by atoms with Gasteiger partial charge in [-0.2, -0.15) is 10.2 Å². The maximum absolute atomic E-state index is 12.1. The monoisotopic (exact) mass is 383 g/mol. The van der Waals surface area contributed by atoms with E-state index in [9.17, 15) is 4.79 Å². The first-order chi connectivity index (χ1) is 11.4. The minimum Gasteiger partial charge on any atom is -0.302 e. The van der Waals surface area contributed by atoms with Gasteiger partial charge in [-0.05, 0) is 23.8 Å². The molecular formula is C15H12Cl3N5O. The average molecular weight is 385 g/mol. The van der Waals surface area contributed by atoms with Crippen molar-refractivity contribution in [3.8, 4) is 0 Å². The van der Waals surface area contributed by atoms with Crippen molar-refractivity contribution in [2.75, 3.05) is 5.32 Å². The number of halogens is 3. The maximum Gasteiger partial charge on any atom is 0.277 e. The number of carbonyl (C=O) groups excluding carboxylic acids is 1. The molecule has 1 N–H and O–H groups in total. The highest BCUT2D eigenvalue weighted by Gasteiger charge is 2.14. The molecule has 3 rings (SSSR count). The normalized spacial score (nSPS) is 10.8. The zero-order chi connectivity index (χ0) is 17.3. The number of amides is 1. The van der Waals surface area contributed by atoms with Crippen LogP contribution in [0.5, 0.6) is 0 Å². The highest BCUT2D eigenvalue weighted by Crippen LogP contribution is 2.24. The van der Waals surface area contributed by atoms with Crippen LogP contribution < -0.4 is 5.32 Å². The summed E-state index contributed by atoms with van der Waals surface area (Å²) in [4.78, 5) is 12.1. The number of hydrogen-bond acceptors (Lipinski definition) is 3. The van der Waals surface area contributed by atoms with Crippen LogP contribution in [0.4, 0.5) is 5.82 Å². The molecule has 1 amide bonds. The highest BCUT2D eigenvalue weighted by atomic mass is 35.5. The number of aryl methyl sites for hydroxylation is 1. The molecule has 0 atom stereocenters. The van der Waals surface area contributed by atoms with E-state index in [1.807, 2.05) is 6.07 Å². The molecule has 0 unspecified atom stereocenters. The Hall–Kier alpha value is -2.02. The summed E-state index contributed by atoms with van der Waals surface area (Å²) in [5.41, 5.74) is 1.12. The molecule has 24 heavy (non-hydrogen) atoms. The van der Waals surface area contributed by atoms with E-state index in [4.69, 9.17) is 34.8 Å². The van der Waals surface area contributed by atoms with E-state index in [1.54, 1.807) is 42.3 Å². The Morgan fingerprint density at radius 3 is 2.62 bits per heavy atom. The zero-order valence-electron chi connectivity index (χ0n) is 12.5. The number of aromatic nitrogens is 4. The molecule has 2 heterocycles. The van der Waals surface area contributed by atoms with Gasteiger partial charge in [0.2, 0.25) is 0 Å². The van der Waals surface area contributed by atoms with Gasteiger partial charge in [-0.15, -0.1) is 0 Å². The Labute approximate surface area is 152 Å². The third-order valence-electron chi connectivity index (χ3n) is 3.24. The van der Waals surface area contributed by atoms with Gasteiger partial charge in [0.1, 0.15) is 5.02 Å². The van der Waals surface area contributed by atoms with Crippen molar-refractivity contribution in [2.24, 2.45) is 7.05 Å². The van der Waals surface area contributed by atoms with E-state index in [1.165, 1.54) is 4.68 Å². The van der Waals surface area contributed by atoms with Crippen LogP contribution in [-0.4, -0.2) is 25.5 Å². The van der Waals surface area contributed by atoms with Crippen LogP contribution in [0.3, 0.4) is 0 Å². The molecule has 6 nitrogen and oxygen atoms in total. The first-order valence-corrected chi connectivity index (χ1v) is 8.03. The third-order valence-corrected chi connectivity index (χ3v) is 4.11. The van der Waals surface area contributed by atoms with Crippen LogP contribution >= 0.6 is 34.8 Å². The van der Waals surface area contributed by atoms with E-state index in [-0.39, 0.29) is 17.4 Å². The molecule has 124 valence electrons. The lowest BCUT2D eigenvalue weighted by Crippen LogP contribution is -2.14. The molecule has 0 radical (unpaired) electrons. The number of nitrogens with zero attached hydrogens (tertiary/aromatic N) is 4. The van der Waals surface area contributed by atoms with E-state index < -0.39 is 0 Å². The summed E-state index contributed by atoms with van der Waals surface area (Å²) in [6, 6.07) is 6.82. The SMILES string of the molecule is Cn1ccc(C(=O)Nc2nn(Cc3ccc(Cl)cc3Cl)cc2Cl)n1. The second kappa shape index (κ2) is 6.84. The van der Waals surface area contributed by atoms with Crippen LogP contribution in [0.1, 0.15) is 16.1 Å². The quantitative estimate of drug-likeness (QED) is 0.742. The smallest absolute Gasteiger partial charge is 0.277 e. The minimum absolute atomic E-state index is 0.261. The van der Waals surface area contributed by atoms with Gasteiger partial charge >= 0.3 is 0 Å². The van der Waals surface area contributed by atoms with Crippen molar-refractivity contribution < 1.29 is 4.79 Å². The highest BCUT2D eigenvalue weighted by molar-refractivity contribution is 6.35. The zero-order valence-corrected chi connectivity index (χ0v) is 14.8. The Morgan fingerprint density at radius 1 is 1.17 bits per heavy atom. The second-order valence-electron chi connectivity index (χ2n) is 5.09. The standard InChI is InChI=1S/C15H12Cl3N5O/c1-22-5-4-13(20-22)15(24)19-14-12(18)8-23(21-14)7-9-2-3-10(16)6-11(9)17/h2-6,8H,7H2,1H3,(H,19,21,24). The molecule has 1 aromatic carbocycles. The largest absolute Gasteiger partial charge is 0.302 e. The summed E-state index contributed by atoms with van der Waals surface area (Å²) in [6.07, 6.45) is 3.29. The van der Waals surface area contributed by atoms with Gasteiger partial charge < -0.3 is 5.32 Å². The molecule has 0 bridgehead atoms. The van der Waals surface area contributed by atoms with Gasteiger partial charge in [0.15, 0.2) is 11.5 Å². The van der Waals surface area contributed by atoms with Gasteiger partial charge in [0.05, 0.1) is 6.54 Å². The summed E-state index contributed by atoms with van der Waals surface area (Å²) >= 11 is 18.2. The Bertz CT molecular complexity index is 902. The van der Waals surface area contributed by atoms with E-state index >= 15 is 0 Å². The number of hydrogen-bond donors (Lipinski definition) is 1. The lowest BCUT2D eigenvalue weighted by Gasteiger charge is -2.05. The predicted molar refractivity (Wildman–Crippen MR) is 94.0 cm³/mol. The molecule has 0 aliphatic carbocycles. The molecular weight excluding hydrogens is 373 g/mol. The van der Waals surface area contributed by atoms with Crippen LogP contribution in [0.15, 0.2) is 36.7 Å². The molecule has 0 aliphatic rings. The van der Waals surface area contributed by atoms with Gasteiger partial charge in [0.25, 0.3) is 5.91 Å². The van der Waals surface area contributed by atoms with Crippen molar-refractivity contribution in [1.82, 2.24) is 19.6 Å². The molecule has 9 heteroatoms. The van der Waals surface area contributed by atoms with Crippen LogP contribution in [0.25, 0.3) is 0 Å². The van der Waals surface area contributed by atoms with Crippen molar-refractivity contribution in [1.29, 1.82) is 0 Å². The van der Waals surface area contributed by atoms with Crippen molar-refractivity contribution in [3.05, 3.63) is 63.0 Å². The summed E-state index contributed by atoms with van der Waals surface area (Å²) in [5, 5.41) is 12.4. The van der Waals surface area contributed by atoms with Crippen molar-refractivity contribution >= 4 is 46.5 Å². The lowest BCUT2D eigenvalue weighted by molar-refractivity contribution is 0.102. The van der Waals surface area contributed by atoms with Crippen molar-refractivity contribution in [3.63, 3.8) is 0 Å². The van der Waals surface area contributed by atoms with Gasteiger partial charge in [-0.3, -0.25) is 14.2 Å². The minimum atomic E-state index is -0.382. The number of rotatable bonds is 4. The van der Waals surface area contributed by atoms with E-state index in [0.29, 0.717) is 21.6 Å². The molecule has 0 saturated carbocycles. The summed E-state index contributed by atoms with van der Waals surface area (Å²) in [6.45, 7) is 0.398. The summed E-state index contributed by atoms with van der Waals surface area (Å²) in [7, 11) is 1.73. The number of benzene rings is 1. The lowest BCUT2D eigenvalue weighted by atomic mass is 10.2. The fraction of sp³-hybridized carbons (Fsp3) is 0.133. The number of anilines is 1. The Kier molecular flexibility index (Phi) is 4.80. The van der Waals surface area contributed by atoms with Gasteiger partial charge in [-0.25, -0.2) is 0 Å². The first-order valence-electron chi connectivity index (χ1n) is 6.90. The molecule has 0 spiro atoms. The molecule has 0 fully saturated rings. The number of nitrogens with one attached hydrogen (secondary N) is 1. The van der Waals surface area contributed by atoms with Gasteiger partial charge in [-0.1, -0.05) is 40.9 Å². The predicted octanol–water partition coefficient (Wildman–Crippen LogP) is 3.88. The molecule has 2 aromatic heterocycles. The Morgan fingerprint density at radius 2 is 1.96 bits per heavy atom. The Balaban J connectivity index is 1.76. The average Bonchev–Trinajstić information content (AvgIpc) is 3.09. The van der Waals surface area contributed by atoms with Gasteiger partial charge in [0, 0.05) is 29.5 Å². The van der Waals surface area contributed by atoms with E-state index in [2.05, 4.69) is 15.5 Å². The maximum atomic E-state index is 12.1. The third kappa shape index (κ3) is 3.72. The fourth-order valence-corrected chi connectivity index (χ4v) is 2.76. The summed E-state index contributed by atoms with van der Waals surface area (Å²) < 4.78 is 3.13. The molecule has 0 saturated heterocycles. The van der Waals surface area contributed by atoms with E-state index in [0.717, 1.165) is 5.56 Å². The topological polar surface area (TPSA) is 64.7 Å².